The fraction of sp³-hybridized carbons (Fsp3) is 0.267. The molecule has 0 saturated heterocycles. The molecule has 0 atom stereocenters. The zero-order valence-corrected chi connectivity index (χ0v) is 13.9. The van der Waals surface area contributed by atoms with E-state index in [1.807, 2.05) is 0 Å². The molecule has 1 aromatic heterocycles. The summed E-state index contributed by atoms with van der Waals surface area (Å²) in [7, 11) is 0. The first-order chi connectivity index (χ1) is 12.0. The van der Waals surface area contributed by atoms with E-state index in [4.69, 9.17) is 4.74 Å². The van der Waals surface area contributed by atoms with Crippen LogP contribution < -0.4 is 10.2 Å². The third-order valence-electron chi connectivity index (χ3n) is 2.68. The maximum absolute atomic E-state index is 13.4. The highest BCUT2D eigenvalue weighted by Gasteiger charge is 2.08. The number of hydrogen-bond acceptors (Lipinski definition) is 7. The van der Waals surface area contributed by atoms with Gasteiger partial charge in [0.15, 0.2) is 0 Å². The van der Waals surface area contributed by atoms with Gasteiger partial charge in [0.2, 0.25) is 5.13 Å². The lowest BCUT2D eigenvalue weighted by Crippen LogP contribution is -2.07. The second-order valence-electron chi connectivity index (χ2n) is 4.59. The molecule has 25 heavy (non-hydrogen) atoms. The number of ether oxygens (including phenoxy) is 2. The molecule has 0 saturated carbocycles. The number of alkyl halides is 2. The largest absolute Gasteiger partial charge is 0.466 e. The molecule has 0 bridgehead atoms. The Morgan fingerprint density at radius 1 is 1.44 bits per heavy atom. The van der Waals surface area contributed by atoms with Gasteiger partial charge in [-0.2, -0.15) is 13.9 Å². The minimum atomic E-state index is -3.04. The first-order valence-corrected chi connectivity index (χ1v) is 7.98. The molecule has 2 aromatic rings. The number of carbonyl (C=O) groups is 1. The third kappa shape index (κ3) is 6.42. The first kappa shape index (κ1) is 18.7. The van der Waals surface area contributed by atoms with Crippen molar-refractivity contribution in [2.24, 2.45) is 5.10 Å². The van der Waals surface area contributed by atoms with Crippen LogP contribution in [0.25, 0.3) is 0 Å². The monoisotopic (exact) mass is 373 g/mol. The van der Waals surface area contributed by atoms with Gasteiger partial charge in [0, 0.05) is 17.0 Å². The number of benzene rings is 1. The predicted molar refractivity (Wildman–Crippen MR) is 86.7 cm³/mol. The van der Waals surface area contributed by atoms with Crippen LogP contribution in [-0.2, 0) is 16.0 Å². The summed E-state index contributed by atoms with van der Waals surface area (Å²) in [4.78, 5) is 15.5. The van der Waals surface area contributed by atoms with E-state index >= 15 is 0 Å². The zero-order valence-electron chi connectivity index (χ0n) is 13.0. The van der Waals surface area contributed by atoms with Gasteiger partial charge < -0.3 is 9.47 Å². The number of thiazole rings is 1. The van der Waals surface area contributed by atoms with Gasteiger partial charge in [-0.1, -0.05) is 0 Å². The summed E-state index contributed by atoms with van der Waals surface area (Å²) in [5.74, 6) is -1.41. The second-order valence-corrected chi connectivity index (χ2v) is 5.45. The van der Waals surface area contributed by atoms with Crippen LogP contribution in [0.1, 0.15) is 18.2 Å². The van der Waals surface area contributed by atoms with Crippen molar-refractivity contribution in [2.75, 3.05) is 12.0 Å². The second kappa shape index (κ2) is 9.02. The molecule has 134 valence electrons. The Bertz CT molecular complexity index is 753. The van der Waals surface area contributed by atoms with Crippen LogP contribution in [-0.4, -0.2) is 30.4 Å². The lowest BCUT2D eigenvalue weighted by atomic mass is 10.2. The van der Waals surface area contributed by atoms with Gasteiger partial charge in [-0.3, -0.25) is 10.2 Å². The molecular formula is C15H14F3N3O3S. The summed E-state index contributed by atoms with van der Waals surface area (Å²) in [6.45, 7) is -1.04. The number of anilines is 1. The van der Waals surface area contributed by atoms with E-state index in [2.05, 4.69) is 20.2 Å². The Kier molecular flexibility index (Phi) is 6.75. The Balaban J connectivity index is 1.96. The molecule has 0 aliphatic carbocycles. The number of esters is 1. The molecule has 0 amide bonds. The van der Waals surface area contributed by atoms with Crippen LogP contribution in [0.5, 0.6) is 5.75 Å². The molecule has 2 rings (SSSR count). The fourth-order valence-corrected chi connectivity index (χ4v) is 2.45. The van der Waals surface area contributed by atoms with Gasteiger partial charge in [-0.15, -0.1) is 11.3 Å². The standard InChI is InChI=1S/C15H14F3N3O3S/c1-2-23-13(22)6-11-8-25-15(20-11)21-19-7-9-3-10(16)5-12(4-9)24-14(17)18/h3-5,7-8,14H,2,6H2,1H3,(H,20,21). The number of halogens is 3. The van der Waals surface area contributed by atoms with Crippen molar-refractivity contribution >= 4 is 28.7 Å². The van der Waals surface area contributed by atoms with Crippen molar-refractivity contribution in [3.63, 3.8) is 0 Å². The normalized spacial score (nSPS) is 11.1. The summed E-state index contributed by atoms with van der Waals surface area (Å²) in [6, 6.07) is 3.17. The maximum Gasteiger partial charge on any atom is 0.387 e. The number of nitrogens with one attached hydrogen (secondary N) is 1. The Labute approximate surface area is 145 Å². The average molecular weight is 373 g/mol. The lowest BCUT2D eigenvalue weighted by molar-refractivity contribution is -0.142. The van der Waals surface area contributed by atoms with E-state index in [9.17, 15) is 18.0 Å². The number of hydrogen-bond donors (Lipinski definition) is 1. The average Bonchev–Trinajstić information content (AvgIpc) is 2.93. The lowest BCUT2D eigenvalue weighted by Gasteiger charge is -2.05. The Morgan fingerprint density at radius 2 is 2.24 bits per heavy atom. The predicted octanol–water partition coefficient (Wildman–Crippen LogP) is 3.44. The molecule has 0 spiro atoms. The number of rotatable bonds is 8. The van der Waals surface area contributed by atoms with E-state index in [1.165, 1.54) is 23.6 Å². The van der Waals surface area contributed by atoms with Gasteiger partial charge in [0.25, 0.3) is 0 Å². The van der Waals surface area contributed by atoms with E-state index in [0.29, 0.717) is 17.4 Å². The molecule has 1 aromatic carbocycles. The van der Waals surface area contributed by atoms with Gasteiger partial charge >= 0.3 is 12.6 Å². The minimum Gasteiger partial charge on any atom is -0.466 e. The molecule has 10 heteroatoms. The summed E-state index contributed by atoms with van der Waals surface area (Å²) < 4.78 is 46.7. The number of hydrazone groups is 1. The highest BCUT2D eigenvalue weighted by atomic mass is 32.1. The fourth-order valence-electron chi connectivity index (χ4n) is 1.79. The van der Waals surface area contributed by atoms with Crippen molar-refractivity contribution in [1.82, 2.24) is 4.98 Å². The van der Waals surface area contributed by atoms with Crippen LogP contribution >= 0.6 is 11.3 Å². The highest BCUT2D eigenvalue weighted by Crippen LogP contribution is 2.18. The van der Waals surface area contributed by atoms with E-state index < -0.39 is 12.4 Å². The van der Waals surface area contributed by atoms with Crippen molar-refractivity contribution in [1.29, 1.82) is 0 Å². The maximum atomic E-state index is 13.4. The molecule has 1 heterocycles. The molecule has 0 radical (unpaired) electrons. The number of nitrogens with zero attached hydrogens (tertiary/aromatic N) is 2. The molecule has 0 aliphatic heterocycles. The molecule has 6 nitrogen and oxygen atoms in total. The van der Waals surface area contributed by atoms with Crippen LogP contribution in [0.3, 0.4) is 0 Å². The first-order valence-electron chi connectivity index (χ1n) is 7.10. The highest BCUT2D eigenvalue weighted by molar-refractivity contribution is 7.13. The van der Waals surface area contributed by atoms with Crippen LogP contribution in [0.2, 0.25) is 0 Å². The van der Waals surface area contributed by atoms with Crippen LogP contribution in [0.15, 0.2) is 28.7 Å². The van der Waals surface area contributed by atoms with Crippen LogP contribution in [0.4, 0.5) is 18.3 Å². The molecule has 1 N–H and O–H groups in total. The summed E-state index contributed by atoms with van der Waals surface area (Å²) in [5, 5.41) is 5.93. The number of aromatic nitrogens is 1. The smallest absolute Gasteiger partial charge is 0.387 e. The van der Waals surface area contributed by atoms with Crippen LogP contribution in [0, 0.1) is 5.82 Å². The molecule has 0 unspecified atom stereocenters. The van der Waals surface area contributed by atoms with Gasteiger partial charge in [0.1, 0.15) is 11.6 Å². The van der Waals surface area contributed by atoms with E-state index in [1.54, 1.807) is 12.3 Å². The van der Waals surface area contributed by atoms with Crippen molar-refractivity contribution in [3.05, 3.63) is 40.7 Å². The van der Waals surface area contributed by atoms with Gasteiger partial charge in [0.05, 0.1) is 24.9 Å². The third-order valence-corrected chi connectivity index (χ3v) is 3.47. The van der Waals surface area contributed by atoms with Crippen molar-refractivity contribution in [2.45, 2.75) is 20.0 Å². The molecular weight excluding hydrogens is 359 g/mol. The quantitative estimate of drug-likeness (QED) is 0.436. The van der Waals surface area contributed by atoms with E-state index in [0.717, 1.165) is 12.1 Å². The SMILES string of the molecule is CCOC(=O)Cc1csc(NN=Cc2cc(F)cc(OC(F)F)c2)n1. The summed E-state index contributed by atoms with van der Waals surface area (Å²) >= 11 is 1.22. The minimum absolute atomic E-state index is 0.0496. The molecule has 0 fully saturated rings. The number of carbonyl (C=O) groups excluding carboxylic acids is 1. The van der Waals surface area contributed by atoms with Gasteiger partial charge in [-0.25, -0.2) is 9.37 Å². The van der Waals surface area contributed by atoms with Gasteiger partial charge in [-0.05, 0) is 19.1 Å². The summed E-state index contributed by atoms with van der Waals surface area (Å²) in [5.41, 5.74) is 3.37. The van der Waals surface area contributed by atoms with Crippen molar-refractivity contribution in [3.8, 4) is 5.75 Å². The zero-order chi connectivity index (χ0) is 18.2. The van der Waals surface area contributed by atoms with E-state index in [-0.39, 0.29) is 23.7 Å². The molecule has 0 aliphatic rings. The Hall–Kier alpha value is -2.62. The Morgan fingerprint density at radius 3 is 2.96 bits per heavy atom. The topological polar surface area (TPSA) is 72.8 Å². The van der Waals surface area contributed by atoms with Crippen molar-refractivity contribution < 1.29 is 27.4 Å². The summed E-state index contributed by atoms with van der Waals surface area (Å²) in [6.07, 6.45) is 1.28.